The molecule has 0 aliphatic heterocycles. The molecule has 0 saturated carbocycles. The predicted octanol–water partition coefficient (Wildman–Crippen LogP) is 2.95. The zero-order valence-electron chi connectivity index (χ0n) is 11.4. The van der Waals surface area contributed by atoms with Gasteiger partial charge in [0.15, 0.2) is 0 Å². The lowest BCUT2D eigenvalue weighted by Crippen LogP contribution is -2.28. The van der Waals surface area contributed by atoms with Crippen molar-refractivity contribution in [3.8, 4) is 0 Å². The number of carbonyl (C=O) groups is 1. The molecule has 106 valence electrons. The Morgan fingerprint density at radius 3 is 2.58 bits per heavy atom. The van der Waals surface area contributed by atoms with Gasteiger partial charge in [-0.05, 0) is 24.1 Å². The second kappa shape index (κ2) is 8.64. The largest absolute Gasteiger partial charge is 0.387 e. The summed E-state index contributed by atoms with van der Waals surface area (Å²) in [7, 11) is 0. The number of rotatable bonds is 8. The molecule has 0 aliphatic carbocycles. The highest BCUT2D eigenvalue weighted by Gasteiger charge is 2.09. The van der Waals surface area contributed by atoms with Gasteiger partial charge in [0.05, 0.1) is 6.10 Å². The van der Waals surface area contributed by atoms with E-state index in [1.54, 1.807) is 0 Å². The van der Waals surface area contributed by atoms with Crippen molar-refractivity contribution >= 4 is 5.91 Å². The summed E-state index contributed by atoms with van der Waals surface area (Å²) < 4.78 is 12.7. The first kappa shape index (κ1) is 15.6. The normalized spacial score (nSPS) is 12.2. The minimum absolute atomic E-state index is 0.0442. The molecule has 19 heavy (non-hydrogen) atoms. The maximum Gasteiger partial charge on any atom is 0.220 e. The van der Waals surface area contributed by atoms with E-state index >= 15 is 0 Å². The summed E-state index contributed by atoms with van der Waals surface area (Å²) in [5.41, 5.74) is 0.604. The lowest BCUT2D eigenvalue weighted by molar-refractivity contribution is -0.121. The number of hydrogen-bond donors (Lipinski definition) is 2. The second-order valence-corrected chi connectivity index (χ2v) is 4.68. The number of hydrogen-bond acceptors (Lipinski definition) is 2. The fourth-order valence-corrected chi connectivity index (χ4v) is 1.81. The van der Waals surface area contributed by atoms with Gasteiger partial charge in [-0.1, -0.05) is 38.3 Å². The Bertz CT molecular complexity index is 378. The summed E-state index contributed by atoms with van der Waals surface area (Å²) >= 11 is 0. The van der Waals surface area contributed by atoms with Gasteiger partial charge in [0.25, 0.3) is 0 Å². The van der Waals surface area contributed by atoms with Crippen LogP contribution in [0.3, 0.4) is 0 Å². The van der Waals surface area contributed by atoms with Crippen molar-refractivity contribution in [3.05, 3.63) is 35.6 Å². The van der Waals surface area contributed by atoms with Gasteiger partial charge in [-0.25, -0.2) is 4.39 Å². The molecule has 0 bridgehead atoms. The first-order chi connectivity index (χ1) is 9.13. The van der Waals surface area contributed by atoms with Crippen molar-refractivity contribution in [1.82, 2.24) is 5.32 Å². The van der Waals surface area contributed by atoms with Crippen LogP contribution in [0, 0.1) is 5.82 Å². The number of halogens is 1. The maximum atomic E-state index is 12.7. The van der Waals surface area contributed by atoms with Crippen LogP contribution in [0.25, 0.3) is 0 Å². The van der Waals surface area contributed by atoms with E-state index in [1.165, 1.54) is 24.3 Å². The molecule has 3 nitrogen and oxygen atoms in total. The fraction of sp³-hybridized carbons (Fsp3) is 0.533. The molecule has 1 atom stereocenters. The number of aliphatic hydroxyl groups is 1. The number of benzene rings is 1. The Balaban J connectivity index is 2.24. The van der Waals surface area contributed by atoms with Crippen molar-refractivity contribution < 1.29 is 14.3 Å². The van der Waals surface area contributed by atoms with E-state index in [0.29, 0.717) is 12.0 Å². The van der Waals surface area contributed by atoms with Crippen LogP contribution in [0.15, 0.2) is 24.3 Å². The molecule has 0 aliphatic rings. The van der Waals surface area contributed by atoms with E-state index in [1.807, 2.05) is 0 Å². The molecule has 1 aromatic carbocycles. The number of nitrogens with one attached hydrogen (secondary N) is 1. The van der Waals surface area contributed by atoms with Crippen LogP contribution < -0.4 is 5.32 Å². The van der Waals surface area contributed by atoms with Gasteiger partial charge in [0, 0.05) is 13.0 Å². The van der Waals surface area contributed by atoms with Gasteiger partial charge in [-0.15, -0.1) is 0 Å². The molecular formula is C15H22FNO2. The van der Waals surface area contributed by atoms with E-state index in [2.05, 4.69) is 12.2 Å². The summed E-state index contributed by atoms with van der Waals surface area (Å²) in [5, 5.41) is 12.5. The zero-order valence-corrected chi connectivity index (χ0v) is 11.4. The van der Waals surface area contributed by atoms with Gasteiger partial charge >= 0.3 is 0 Å². The molecule has 2 N–H and O–H groups in total. The Labute approximate surface area is 113 Å². The molecule has 0 fully saturated rings. The standard InChI is InChI=1S/C15H22FNO2/c1-2-3-4-5-6-15(19)17-11-14(18)12-7-9-13(16)10-8-12/h7-10,14,18H,2-6,11H2,1H3,(H,17,19). The Kier molecular flexibility index (Phi) is 7.11. The van der Waals surface area contributed by atoms with Crippen LogP contribution >= 0.6 is 0 Å². The first-order valence-electron chi connectivity index (χ1n) is 6.83. The van der Waals surface area contributed by atoms with Crippen LogP contribution in [0.5, 0.6) is 0 Å². The van der Waals surface area contributed by atoms with Gasteiger partial charge in [0.1, 0.15) is 5.82 Å². The Hall–Kier alpha value is -1.42. The van der Waals surface area contributed by atoms with Gasteiger partial charge in [0.2, 0.25) is 5.91 Å². The highest BCUT2D eigenvalue weighted by Crippen LogP contribution is 2.12. The van der Waals surface area contributed by atoms with Crippen molar-refractivity contribution in [2.45, 2.75) is 45.1 Å². The van der Waals surface area contributed by atoms with Gasteiger partial charge < -0.3 is 10.4 Å². The SMILES string of the molecule is CCCCCCC(=O)NCC(O)c1ccc(F)cc1. The Morgan fingerprint density at radius 1 is 1.26 bits per heavy atom. The second-order valence-electron chi connectivity index (χ2n) is 4.68. The van der Waals surface area contributed by atoms with Crippen molar-refractivity contribution in [2.75, 3.05) is 6.54 Å². The molecule has 0 spiro atoms. The van der Waals surface area contributed by atoms with E-state index in [0.717, 1.165) is 25.7 Å². The lowest BCUT2D eigenvalue weighted by Gasteiger charge is -2.12. The van der Waals surface area contributed by atoms with Crippen LogP contribution in [0.4, 0.5) is 4.39 Å². The summed E-state index contributed by atoms with van der Waals surface area (Å²) in [5.74, 6) is -0.381. The minimum atomic E-state index is -0.791. The zero-order chi connectivity index (χ0) is 14.1. The van der Waals surface area contributed by atoms with Crippen LogP contribution in [-0.4, -0.2) is 17.6 Å². The summed E-state index contributed by atoms with van der Waals surface area (Å²) in [6.07, 6.45) is 3.93. The summed E-state index contributed by atoms with van der Waals surface area (Å²) in [4.78, 5) is 11.5. The number of amides is 1. The molecule has 0 aromatic heterocycles. The average molecular weight is 267 g/mol. The fourth-order valence-electron chi connectivity index (χ4n) is 1.81. The molecular weight excluding hydrogens is 245 g/mol. The third-order valence-electron chi connectivity index (χ3n) is 3.00. The van der Waals surface area contributed by atoms with E-state index < -0.39 is 6.10 Å². The first-order valence-corrected chi connectivity index (χ1v) is 6.83. The average Bonchev–Trinajstić information content (AvgIpc) is 2.42. The quantitative estimate of drug-likeness (QED) is 0.711. The summed E-state index contributed by atoms with van der Waals surface area (Å²) in [6.45, 7) is 2.29. The number of aliphatic hydroxyl groups excluding tert-OH is 1. The highest BCUT2D eigenvalue weighted by atomic mass is 19.1. The maximum absolute atomic E-state index is 12.7. The smallest absolute Gasteiger partial charge is 0.220 e. The molecule has 0 heterocycles. The molecule has 0 radical (unpaired) electrons. The molecule has 1 amide bonds. The van der Waals surface area contributed by atoms with Crippen LogP contribution in [0.1, 0.15) is 50.7 Å². The third-order valence-corrected chi connectivity index (χ3v) is 3.00. The molecule has 0 saturated heterocycles. The number of carbonyl (C=O) groups excluding carboxylic acids is 1. The van der Waals surface area contributed by atoms with E-state index in [4.69, 9.17) is 0 Å². The van der Waals surface area contributed by atoms with E-state index in [9.17, 15) is 14.3 Å². The highest BCUT2D eigenvalue weighted by molar-refractivity contribution is 5.75. The molecule has 4 heteroatoms. The van der Waals surface area contributed by atoms with Crippen molar-refractivity contribution in [2.24, 2.45) is 0 Å². The van der Waals surface area contributed by atoms with Crippen LogP contribution in [-0.2, 0) is 4.79 Å². The number of unbranched alkanes of at least 4 members (excludes halogenated alkanes) is 3. The molecule has 1 aromatic rings. The monoisotopic (exact) mass is 267 g/mol. The third kappa shape index (κ3) is 6.34. The molecule has 1 unspecified atom stereocenters. The minimum Gasteiger partial charge on any atom is -0.387 e. The van der Waals surface area contributed by atoms with E-state index in [-0.39, 0.29) is 18.3 Å². The van der Waals surface area contributed by atoms with Crippen LogP contribution in [0.2, 0.25) is 0 Å². The van der Waals surface area contributed by atoms with Gasteiger partial charge in [-0.3, -0.25) is 4.79 Å². The lowest BCUT2D eigenvalue weighted by atomic mass is 10.1. The molecule has 1 rings (SSSR count). The van der Waals surface area contributed by atoms with Crippen molar-refractivity contribution in [1.29, 1.82) is 0 Å². The predicted molar refractivity (Wildman–Crippen MR) is 73.1 cm³/mol. The van der Waals surface area contributed by atoms with Crippen molar-refractivity contribution in [3.63, 3.8) is 0 Å². The Morgan fingerprint density at radius 2 is 1.95 bits per heavy atom. The topological polar surface area (TPSA) is 49.3 Å². The summed E-state index contributed by atoms with van der Waals surface area (Å²) in [6, 6.07) is 5.64. The van der Waals surface area contributed by atoms with Gasteiger partial charge in [-0.2, -0.15) is 0 Å².